The summed E-state index contributed by atoms with van der Waals surface area (Å²) in [6, 6.07) is 4.28. The first-order valence-corrected chi connectivity index (χ1v) is 6.42. The van der Waals surface area contributed by atoms with Crippen molar-refractivity contribution in [2.75, 3.05) is 13.1 Å². The summed E-state index contributed by atoms with van der Waals surface area (Å²) in [7, 11) is -3.77. The SMILES string of the molecule is Cc1cccc(S(=O)(=O)NCCCN)c1F.Cl. The fourth-order valence-electron chi connectivity index (χ4n) is 1.21. The fraction of sp³-hybridized carbons (Fsp3) is 0.400. The van der Waals surface area contributed by atoms with Crippen LogP contribution in [0.4, 0.5) is 4.39 Å². The molecule has 0 radical (unpaired) electrons. The van der Waals surface area contributed by atoms with Crippen molar-refractivity contribution in [2.24, 2.45) is 5.73 Å². The molecule has 0 bridgehead atoms. The number of nitrogens with one attached hydrogen (secondary N) is 1. The van der Waals surface area contributed by atoms with Crippen molar-refractivity contribution in [3.8, 4) is 0 Å². The Hall–Kier alpha value is -0.690. The van der Waals surface area contributed by atoms with Crippen molar-refractivity contribution in [2.45, 2.75) is 18.2 Å². The molecule has 17 heavy (non-hydrogen) atoms. The molecule has 0 aliphatic carbocycles. The Morgan fingerprint density at radius 3 is 2.65 bits per heavy atom. The van der Waals surface area contributed by atoms with Crippen LogP contribution in [-0.2, 0) is 10.0 Å². The average molecular weight is 283 g/mol. The van der Waals surface area contributed by atoms with Gasteiger partial charge in [-0.1, -0.05) is 12.1 Å². The summed E-state index contributed by atoms with van der Waals surface area (Å²) in [6.07, 6.45) is 0.521. The van der Waals surface area contributed by atoms with Gasteiger partial charge in [-0.05, 0) is 31.5 Å². The molecule has 0 aliphatic heterocycles. The van der Waals surface area contributed by atoms with Gasteiger partial charge in [-0.25, -0.2) is 17.5 Å². The number of hydrogen-bond donors (Lipinski definition) is 2. The number of aryl methyl sites for hydroxylation is 1. The first kappa shape index (κ1) is 16.3. The van der Waals surface area contributed by atoms with Crippen LogP contribution in [-0.4, -0.2) is 21.5 Å². The number of hydrogen-bond acceptors (Lipinski definition) is 3. The molecule has 0 amide bonds. The van der Waals surface area contributed by atoms with Crippen molar-refractivity contribution in [1.29, 1.82) is 0 Å². The van der Waals surface area contributed by atoms with Crippen LogP contribution in [0.3, 0.4) is 0 Å². The van der Waals surface area contributed by atoms with Crippen LogP contribution in [0.2, 0.25) is 0 Å². The summed E-state index contributed by atoms with van der Waals surface area (Å²) in [5.41, 5.74) is 5.55. The molecule has 3 N–H and O–H groups in total. The number of sulfonamides is 1. The molecule has 0 atom stereocenters. The third kappa shape index (κ3) is 4.23. The lowest BCUT2D eigenvalue weighted by Crippen LogP contribution is -2.27. The zero-order chi connectivity index (χ0) is 12.2. The zero-order valence-corrected chi connectivity index (χ0v) is 11.1. The molecule has 7 heteroatoms. The Kier molecular flexibility index (Phi) is 6.62. The number of nitrogens with two attached hydrogens (primary N) is 1. The lowest BCUT2D eigenvalue weighted by atomic mass is 10.2. The van der Waals surface area contributed by atoms with Crippen LogP contribution in [0.15, 0.2) is 23.1 Å². The lowest BCUT2D eigenvalue weighted by molar-refractivity contribution is 0.552. The van der Waals surface area contributed by atoms with E-state index in [4.69, 9.17) is 5.73 Å². The molecular formula is C10H16ClFN2O2S. The van der Waals surface area contributed by atoms with E-state index in [1.54, 1.807) is 0 Å². The van der Waals surface area contributed by atoms with Crippen LogP contribution >= 0.6 is 12.4 Å². The van der Waals surface area contributed by atoms with Crippen LogP contribution in [0.25, 0.3) is 0 Å². The third-order valence-electron chi connectivity index (χ3n) is 2.12. The predicted octanol–water partition coefficient (Wildman–Crippen LogP) is 1.18. The Morgan fingerprint density at radius 1 is 1.41 bits per heavy atom. The Labute approximate surface area is 107 Å². The van der Waals surface area contributed by atoms with Gasteiger partial charge in [-0.2, -0.15) is 0 Å². The van der Waals surface area contributed by atoms with Crippen LogP contribution in [0.1, 0.15) is 12.0 Å². The van der Waals surface area contributed by atoms with E-state index in [9.17, 15) is 12.8 Å². The van der Waals surface area contributed by atoms with Gasteiger partial charge in [0.2, 0.25) is 10.0 Å². The molecule has 0 aliphatic rings. The van der Waals surface area contributed by atoms with E-state index in [2.05, 4.69) is 4.72 Å². The van der Waals surface area contributed by atoms with E-state index in [0.717, 1.165) is 0 Å². The molecule has 0 heterocycles. The van der Waals surface area contributed by atoms with E-state index in [1.165, 1.54) is 25.1 Å². The highest BCUT2D eigenvalue weighted by Gasteiger charge is 2.18. The van der Waals surface area contributed by atoms with E-state index < -0.39 is 15.8 Å². The van der Waals surface area contributed by atoms with Crippen molar-refractivity contribution >= 4 is 22.4 Å². The lowest BCUT2D eigenvalue weighted by Gasteiger charge is -2.08. The van der Waals surface area contributed by atoms with Gasteiger partial charge in [0.25, 0.3) is 0 Å². The van der Waals surface area contributed by atoms with Crippen molar-refractivity contribution in [3.05, 3.63) is 29.6 Å². The van der Waals surface area contributed by atoms with Crippen molar-refractivity contribution in [1.82, 2.24) is 4.72 Å². The van der Waals surface area contributed by atoms with Crippen molar-refractivity contribution < 1.29 is 12.8 Å². The summed E-state index contributed by atoms with van der Waals surface area (Å²) in [6.45, 7) is 2.12. The van der Waals surface area contributed by atoms with Crippen LogP contribution in [0, 0.1) is 12.7 Å². The molecule has 1 aromatic rings. The third-order valence-corrected chi connectivity index (χ3v) is 3.60. The highest BCUT2D eigenvalue weighted by molar-refractivity contribution is 7.89. The van der Waals surface area contributed by atoms with Gasteiger partial charge in [0.1, 0.15) is 10.7 Å². The molecular weight excluding hydrogens is 267 g/mol. The highest BCUT2D eigenvalue weighted by atomic mass is 35.5. The highest BCUT2D eigenvalue weighted by Crippen LogP contribution is 2.16. The van der Waals surface area contributed by atoms with E-state index in [0.29, 0.717) is 18.5 Å². The van der Waals surface area contributed by atoms with Gasteiger partial charge >= 0.3 is 0 Å². The molecule has 4 nitrogen and oxygen atoms in total. The number of halogens is 2. The summed E-state index contributed by atoms with van der Waals surface area (Å²) in [5.74, 6) is -0.706. The molecule has 0 fully saturated rings. The number of rotatable bonds is 5. The van der Waals surface area contributed by atoms with Crippen LogP contribution in [0.5, 0.6) is 0 Å². The van der Waals surface area contributed by atoms with Gasteiger partial charge in [0, 0.05) is 6.54 Å². The molecule has 1 rings (SSSR count). The predicted molar refractivity (Wildman–Crippen MR) is 67.2 cm³/mol. The summed E-state index contributed by atoms with van der Waals surface area (Å²) >= 11 is 0. The van der Waals surface area contributed by atoms with Gasteiger partial charge in [-0.3, -0.25) is 0 Å². The van der Waals surface area contributed by atoms with Gasteiger partial charge < -0.3 is 5.73 Å². The van der Waals surface area contributed by atoms with Crippen LogP contribution < -0.4 is 10.5 Å². The number of benzene rings is 1. The summed E-state index contributed by atoms with van der Waals surface area (Å²) in [5, 5.41) is 0. The zero-order valence-electron chi connectivity index (χ0n) is 9.44. The fourth-order valence-corrected chi connectivity index (χ4v) is 2.44. The second kappa shape index (κ2) is 6.90. The maximum atomic E-state index is 13.6. The van der Waals surface area contributed by atoms with Crippen molar-refractivity contribution in [3.63, 3.8) is 0 Å². The summed E-state index contributed by atoms with van der Waals surface area (Å²) in [4.78, 5) is -0.315. The molecule has 0 saturated carbocycles. The first-order valence-electron chi connectivity index (χ1n) is 4.94. The molecule has 0 spiro atoms. The summed E-state index contributed by atoms with van der Waals surface area (Å²) < 4.78 is 39.2. The Morgan fingerprint density at radius 2 is 2.06 bits per heavy atom. The quantitative estimate of drug-likeness (QED) is 0.797. The van der Waals surface area contributed by atoms with Gasteiger partial charge in [-0.15, -0.1) is 12.4 Å². The minimum Gasteiger partial charge on any atom is -0.330 e. The Bertz CT molecular complexity index is 465. The average Bonchev–Trinajstić information content (AvgIpc) is 2.22. The van der Waals surface area contributed by atoms with Gasteiger partial charge in [0.05, 0.1) is 0 Å². The van der Waals surface area contributed by atoms with E-state index in [-0.39, 0.29) is 23.8 Å². The van der Waals surface area contributed by atoms with E-state index in [1.807, 2.05) is 0 Å². The largest absolute Gasteiger partial charge is 0.330 e. The minimum absolute atomic E-state index is 0. The molecule has 98 valence electrons. The molecule has 0 aromatic heterocycles. The molecule has 0 unspecified atom stereocenters. The normalized spacial score (nSPS) is 11.0. The molecule has 1 aromatic carbocycles. The second-order valence-corrected chi connectivity index (χ2v) is 5.16. The second-order valence-electron chi connectivity index (χ2n) is 3.43. The maximum Gasteiger partial charge on any atom is 0.243 e. The Balaban J connectivity index is 0.00000256. The topological polar surface area (TPSA) is 72.2 Å². The first-order chi connectivity index (χ1) is 7.49. The van der Waals surface area contributed by atoms with Gasteiger partial charge in [0.15, 0.2) is 0 Å². The smallest absolute Gasteiger partial charge is 0.243 e. The molecule has 0 saturated heterocycles. The van der Waals surface area contributed by atoms with E-state index >= 15 is 0 Å². The minimum atomic E-state index is -3.77. The standard InChI is InChI=1S/C10H15FN2O2S.ClH/c1-8-4-2-5-9(10(8)11)16(14,15)13-7-3-6-12;/h2,4-5,13H,3,6-7,12H2,1H3;1H. The maximum absolute atomic E-state index is 13.6. The monoisotopic (exact) mass is 282 g/mol.